The fourth-order valence-electron chi connectivity index (χ4n) is 3.85. The second-order valence-electron chi connectivity index (χ2n) is 8.33. The topological polar surface area (TPSA) is 82.1 Å². The van der Waals surface area contributed by atoms with Crippen molar-refractivity contribution in [3.05, 3.63) is 114 Å². The molecule has 0 heterocycles. The van der Waals surface area contributed by atoms with Gasteiger partial charge in [0, 0.05) is 36.5 Å². The molecule has 7 heteroatoms. The van der Waals surface area contributed by atoms with Crippen molar-refractivity contribution in [2.45, 2.75) is 13.8 Å². The zero-order chi connectivity index (χ0) is 27.8. The molecule has 0 aliphatic carbocycles. The lowest BCUT2D eigenvalue weighted by Crippen LogP contribution is -2.10. The summed E-state index contributed by atoms with van der Waals surface area (Å²) in [7, 11) is 1.22. The van der Waals surface area contributed by atoms with E-state index in [2.05, 4.69) is 16.7 Å². The molecule has 0 unspecified atom stereocenters. The van der Waals surface area contributed by atoms with Crippen LogP contribution in [0.25, 0.3) is 0 Å². The molecule has 7 nitrogen and oxygen atoms in total. The molecule has 39 heavy (non-hydrogen) atoms. The largest absolute Gasteiger partial charge is 0.465 e. The van der Waals surface area contributed by atoms with Crippen LogP contribution < -0.4 is 14.4 Å². The van der Waals surface area contributed by atoms with Crippen molar-refractivity contribution in [2.75, 3.05) is 12.0 Å². The van der Waals surface area contributed by atoms with Gasteiger partial charge in [0.1, 0.15) is 5.56 Å². The minimum absolute atomic E-state index is 0.0231. The zero-order valence-electron chi connectivity index (χ0n) is 21.6. The fourth-order valence-corrected chi connectivity index (χ4v) is 3.85. The SMILES string of the molecule is COC(=O)c1cc(OC(C)=O)c(C#Cc2ccc(N(c3ccccc3)c3ccccc3)cc2)c(OC(C)=O)c1. The highest BCUT2D eigenvalue weighted by Gasteiger charge is 2.19. The Bertz CT molecular complexity index is 1480. The van der Waals surface area contributed by atoms with Gasteiger partial charge in [0.25, 0.3) is 0 Å². The first-order valence-electron chi connectivity index (χ1n) is 12.0. The van der Waals surface area contributed by atoms with Crippen LogP contribution in [0.3, 0.4) is 0 Å². The van der Waals surface area contributed by atoms with E-state index in [1.165, 1.54) is 33.1 Å². The van der Waals surface area contributed by atoms with Crippen LogP contribution in [0.4, 0.5) is 17.1 Å². The number of benzene rings is 4. The third-order valence-electron chi connectivity index (χ3n) is 5.48. The van der Waals surface area contributed by atoms with Crippen molar-refractivity contribution in [1.29, 1.82) is 0 Å². The van der Waals surface area contributed by atoms with E-state index >= 15 is 0 Å². The molecule has 0 amide bonds. The maximum Gasteiger partial charge on any atom is 0.338 e. The fraction of sp³-hybridized carbons (Fsp3) is 0.0938. The van der Waals surface area contributed by atoms with Crippen molar-refractivity contribution in [2.24, 2.45) is 0 Å². The molecule has 0 aliphatic rings. The maximum absolute atomic E-state index is 12.1. The lowest BCUT2D eigenvalue weighted by molar-refractivity contribution is -0.132. The van der Waals surface area contributed by atoms with Crippen molar-refractivity contribution in [3.63, 3.8) is 0 Å². The first-order valence-corrected chi connectivity index (χ1v) is 12.0. The molecule has 0 aromatic heterocycles. The van der Waals surface area contributed by atoms with Crippen LogP contribution in [0.2, 0.25) is 0 Å². The van der Waals surface area contributed by atoms with E-state index in [1.807, 2.05) is 84.9 Å². The number of rotatable bonds is 6. The van der Waals surface area contributed by atoms with Gasteiger partial charge in [-0.2, -0.15) is 0 Å². The number of nitrogens with zero attached hydrogens (tertiary/aromatic N) is 1. The van der Waals surface area contributed by atoms with E-state index in [0.29, 0.717) is 5.56 Å². The predicted molar refractivity (Wildman–Crippen MR) is 148 cm³/mol. The van der Waals surface area contributed by atoms with Crippen LogP contribution in [0.1, 0.15) is 35.3 Å². The zero-order valence-corrected chi connectivity index (χ0v) is 21.6. The molecule has 0 aliphatic heterocycles. The van der Waals surface area contributed by atoms with Gasteiger partial charge in [0.15, 0.2) is 11.5 Å². The Morgan fingerprint density at radius 3 is 1.54 bits per heavy atom. The third-order valence-corrected chi connectivity index (χ3v) is 5.48. The number of carbonyl (C=O) groups excluding carboxylic acids is 3. The van der Waals surface area contributed by atoms with Gasteiger partial charge in [-0.1, -0.05) is 48.2 Å². The second-order valence-corrected chi connectivity index (χ2v) is 8.33. The number of carbonyl (C=O) groups is 3. The minimum Gasteiger partial charge on any atom is -0.465 e. The molecule has 0 radical (unpaired) electrons. The summed E-state index contributed by atoms with van der Waals surface area (Å²) in [4.78, 5) is 37.8. The predicted octanol–water partition coefficient (Wildman–Crippen LogP) is 6.19. The molecular weight excluding hydrogens is 494 g/mol. The summed E-state index contributed by atoms with van der Waals surface area (Å²) < 4.78 is 15.3. The number of methoxy groups -OCH3 is 1. The number of hydrogen-bond acceptors (Lipinski definition) is 7. The molecule has 0 atom stereocenters. The lowest BCUT2D eigenvalue weighted by atomic mass is 10.1. The summed E-state index contributed by atoms with van der Waals surface area (Å²) >= 11 is 0. The van der Waals surface area contributed by atoms with Gasteiger partial charge in [0.05, 0.1) is 12.7 Å². The lowest BCUT2D eigenvalue weighted by Gasteiger charge is -2.25. The van der Waals surface area contributed by atoms with Gasteiger partial charge >= 0.3 is 17.9 Å². The molecule has 194 valence electrons. The summed E-state index contributed by atoms with van der Waals surface area (Å²) in [6.07, 6.45) is 0. The highest BCUT2D eigenvalue weighted by Crippen LogP contribution is 2.34. The molecular formula is C32H25NO6. The summed E-state index contributed by atoms with van der Waals surface area (Å²) in [5.74, 6) is 3.98. The first-order chi connectivity index (χ1) is 18.9. The number of hydrogen-bond donors (Lipinski definition) is 0. The average Bonchev–Trinajstić information content (AvgIpc) is 2.93. The van der Waals surface area contributed by atoms with Gasteiger partial charge in [-0.05, 0) is 60.7 Å². The Morgan fingerprint density at radius 1 is 0.641 bits per heavy atom. The molecule has 4 aromatic rings. The Balaban J connectivity index is 1.74. The Morgan fingerprint density at radius 2 is 1.10 bits per heavy atom. The van der Waals surface area contributed by atoms with Gasteiger partial charge in [0.2, 0.25) is 0 Å². The molecule has 0 saturated heterocycles. The average molecular weight is 520 g/mol. The molecule has 4 aromatic carbocycles. The van der Waals surface area contributed by atoms with Gasteiger partial charge in [-0.3, -0.25) is 9.59 Å². The van der Waals surface area contributed by atoms with E-state index in [1.54, 1.807) is 0 Å². The molecule has 0 bridgehead atoms. The maximum atomic E-state index is 12.1. The first kappa shape index (κ1) is 26.7. The van der Waals surface area contributed by atoms with Gasteiger partial charge < -0.3 is 19.1 Å². The highest BCUT2D eigenvalue weighted by molar-refractivity contribution is 5.92. The Labute approximate surface area is 226 Å². The molecule has 0 fully saturated rings. The summed E-state index contributed by atoms with van der Waals surface area (Å²) in [5.41, 5.74) is 3.80. The van der Waals surface area contributed by atoms with Crippen molar-refractivity contribution >= 4 is 35.0 Å². The minimum atomic E-state index is -0.687. The summed E-state index contributed by atoms with van der Waals surface area (Å²) in [6.45, 7) is 2.44. The number of ether oxygens (including phenoxy) is 3. The summed E-state index contributed by atoms with van der Waals surface area (Å²) in [6, 6.07) is 30.3. The van der Waals surface area contributed by atoms with Crippen molar-refractivity contribution in [3.8, 4) is 23.3 Å². The van der Waals surface area contributed by atoms with Crippen LogP contribution in [0, 0.1) is 11.8 Å². The molecule has 0 spiro atoms. The summed E-state index contributed by atoms with van der Waals surface area (Å²) in [5, 5.41) is 0. The van der Waals surface area contributed by atoms with E-state index in [9.17, 15) is 14.4 Å². The quantitative estimate of drug-likeness (QED) is 0.171. The smallest absolute Gasteiger partial charge is 0.338 e. The Kier molecular flexibility index (Phi) is 8.40. The third kappa shape index (κ3) is 6.70. The van der Waals surface area contributed by atoms with Crippen LogP contribution in [0.5, 0.6) is 11.5 Å². The Hall–Kier alpha value is -5.35. The monoisotopic (exact) mass is 519 g/mol. The van der Waals surface area contributed by atoms with E-state index in [4.69, 9.17) is 14.2 Å². The van der Waals surface area contributed by atoms with Crippen LogP contribution in [0.15, 0.2) is 97.1 Å². The molecule has 0 N–H and O–H groups in total. The standard InChI is InChI=1S/C32H25NO6/c1-22(34)38-30-20-25(32(36)37-3)21-31(39-23(2)35)29(30)19-16-24-14-17-28(18-15-24)33(26-10-6-4-7-11-26)27-12-8-5-9-13-27/h4-15,17-18,20-21H,1-3H3. The number of esters is 3. The van der Waals surface area contributed by atoms with E-state index < -0.39 is 17.9 Å². The van der Waals surface area contributed by atoms with Crippen LogP contribution in [-0.4, -0.2) is 25.0 Å². The normalized spacial score (nSPS) is 10.0. The van der Waals surface area contributed by atoms with Gasteiger partial charge in [-0.15, -0.1) is 0 Å². The molecule has 4 rings (SSSR count). The van der Waals surface area contributed by atoms with Crippen LogP contribution in [-0.2, 0) is 14.3 Å². The van der Waals surface area contributed by atoms with Crippen LogP contribution >= 0.6 is 0 Å². The van der Waals surface area contributed by atoms with Crippen molar-refractivity contribution in [1.82, 2.24) is 0 Å². The number of para-hydroxylation sites is 2. The van der Waals surface area contributed by atoms with E-state index in [0.717, 1.165) is 17.1 Å². The van der Waals surface area contributed by atoms with E-state index in [-0.39, 0.29) is 22.6 Å². The van der Waals surface area contributed by atoms with Crippen molar-refractivity contribution < 1.29 is 28.6 Å². The number of anilines is 3. The molecule has 0 saturated carbocycles. The highest BCUT2D eigenvalue weighted by atomic mass is 16.5. The second kappa shape index (κ2) is 12.3. The van der Waals surface area contributed by atoms with Gasteiger partial charge in [-0.25, -0.2) is 4.79 Å².